The molecule has 8 heteroatoms. The minimum atomic E-state index is -4.52. The van der Waals surface area contributed by atoms with Crippen LogP contribution in [0.25, 0.3) is 11.3 Å². The molecule has 0 atom stereocenters. The molecule has 0 N–H and O–H groups in total. The number of nitrogens with zero attached hydrogens (tertiary/aromatic N) is 3. The zero-order chi connectivity index (χ0) is 25.1. The fourth-order valence-corrected chi connectivity index (χ4v) is 12.9. The van der Waals surface area contributed by atoms with Gasteiger partial charge in [-0.15, -0.1) is 0 Å². The molecule has 0 amide bonds. The Morgan fingerprint density at radius 2 is 1.32 bits per heavy atom. The first-order chi connectivity index (χ1) is 18.2. The van der Waals surface area contributed by atoms with Gasteiger partial charge in [0.05, 0.1) is 0 Å². The molecule has 0 fully saturated rings. The van der Waals surface area contributed by atoms with E-state index in [-0.39, 0.29) is 5.90 Å². The minimum absolute atomic E-state index is 0.226. The molecule has 2 heterocycles. The van der Waals surface area contributed by atoms with E-state index in [1.807, 2.05) is 97.1 Å². The topological polar surface area (TPSA) is 69.2 Å². The summed E-state index contributed by atoms with van der Waals surface area (Å²) < 4.78 is 21.5. The maximum atomic E-state index is 6.97. The van der Waals surface area contributed by atoms with Crippen molar-refractivity contribution in [3.8, 4) is 17.1 Å². The van der Waals surface area contributed by atoms with Gasteiger partial charge in [-0.1, -0.05) is 0 Å². The van der Waals surface area contributed by atoms with Gasteiger partial charge in [0.2, 0.25) is 0 Å². The molecule has 0 bridgehead atoms. The van der Waals surface area contributed by atoms with E-state index in [4.69, 9.17) is 22.3 Å². The molecule has 0 radical (unpaired) electrons. The molecule has 0 aliphatic carbocycles. The normalized spacial score (nSPS) is 16.5. The van der Waals surface area contributed by atoms with Crippen molar-refractivity contribution in [2.45, 2.75) is 0 Å². The van der Waals surface area contributed by atoms with Crippen LogP contribution in [0, 0.1) is 0 Å². The molecular weight excluding hydrogens is 593 g/mol. The first-order valence-electron chi connectivity index (χ1n) is 11.6. The number of benzene rings is 4. The van der Waals surface area contributed by atoms with Crippen LogP contribution in [0.15, 0.2) is 130 Å². The Morgan fingerprint density at radius 3 is 2.00 bits per heavy atom. The Morgan fingerprint density at radius 1 is 0.676 bits per heavy atom. The van der Waals surface area contributed by atoms with Crippen molar-refractivity contribution in [3.63, 3.8) is 0 Å². The van der Waals surface area contributed by atoms with Gasteiger partial charge < -0.3 is 0 Å². The van der Waals surface area contributed by atoms with Crippen LogP contribution in [0.2, 0.25) is 5.02 Å². The van der Waals surface area contributed by atoms with Gasteiger partial charge in [0.1, 0.15) is 0 Å². The van der Waals surface area contributed by atoms with Crippen LogP contribution in [0.4, 0.5) is 0 Å². The van der Waals surface area contributed by atoms with Gasteiger partial charge in [-0.25, -0.2) is 0 Å². The third-order valence-corrected chi connectivity index (χ3v) is 15.2. The first-order valence-corrected chi connectivity index (χ1v) is 17.2. The molecule has 37 heavy (non-hydrogen) atoms. The predicted molar refractivity (Wildman–Crippen MR) is 147 cm³/mol. The molecule has 1 aromatic heterocycles. The molecule has 0 unspecified atom stereocenters. The van der Waals surface area contributed by atoms with E-state index in [1.54, 1.807) is 24.4 Å². The summed E-state index contributed by atoms with van der Waals surface area (Å²) in [5.74, 6) is 1.45. The molecule has 1 aliphatic heterocycles. The van der Waals surface area contributed by atoms with E-state index in [0.29, 0.717) is 27.8 Å². The summed E-state index contributed by atoms with van der Waals surface area (Å²) in [6.45, 7) is 0. The molecule has 5 aromatic rings. The third-order valence-electron chi connectivity index (χ3n) is 5.91. The Labute approximate surface area is 223 Å². The number of hydrogen-bond donors (Lipinski definition) is 0. The summed E-state index contributed by atoms with van der Waals surface area (Å²) in [7, 11) is 0. The van der Waals surface area contributed by atoms with Crippen LogP contribution in [0.3, 0.4) is 0 Å². The van der Waals surface area contributed by atoms with Crippen molar-refractivity contribution < 1.29 is 10.7 Å². The fourth-order valence-electron chi connectivity index (χ4n) is 4.12. The van der Waals surface area contributed by atoms with Crippen molar-refractivity contribution in [2.75, 3.05) is 0 Å². The zero-order valence-electron chi connectivity index (χ0n) is 19.5. The molecule has 6 nitrogen and oxygen atoms in total. The Bertz CT molecular complexity index is 1550. The van der Waals surface area contributed by atoms with Crippen molar-refractivity contribution in [2.24, 2.45) is 10.2 Å². The Balaban J connectivity index is 1.56. The molecule has 0 saturated heterocycles. The molecule has 0 spiro atoms. The fraction of sp³-hybridized carbons (Fsp3) is 0. The quantitative estimate of drug-likeness (QED) is 0.254. The summed E-state index contributed by atoms with van der Waals surface area (Å²) in [5.41, 5.74) is 2.03. The van der Waals surface area contributed by atoms with Gasteiger partial charge >= 0.3 is 225 Å². The number of aromatic nitrogens is 1. The number of hydrogen-bond acceptors (Lipinski definition) is 6. The molecule has 1 aliphatic rings. The summed E-state index contributed by atoms with van der Waals surface area (Å²) in [6, 6.07) is 37.0. The first kappa shape index (κ1) is 23.5. The van der Waals surface area contributed by atoms with Gasteiger partial charge in [0.15, 0.2) is 0 Å². The van der Waals surface area contributed by atoms with E-state index in [9.17, 15) is 0 Å². The van der Waals surface area contributed by atoms with Gasteiger partial charge in [-0.3, -0.25) is 0 Å². The van der Waals surface area contributed by atoms with Crippen LogP contribution in [0.5, 0.6) is 5.75 Å². The monoisotopic (exact) mass is 613 g/mol. The average Bonchev–Trinajstić information content (AvgIpc) is 3.47. The molecule has 180 valence electrons. The summed E-state index contributed by atoms with van der Waals surface area (Å²) in [4.78, 5) is 0. The molecule has 6 rings (SSSR count). The van der Waals surface area contributed by atoms with Crippen LogP contribution < -0.4 is 10.2 Å². The summed E-state index contributed by atoms with van der Waals surface area (Å²) >= 11 is 1.80. The molecule has 0 saturated carbocycles. The van der Waals surface area contributed by atoms with E-state index < -0.39 is 19.2 Å². The van der Waals surface area contributed by atoms with Gasteiger partial charge in [0.25, 0.3) is 0 Å². The second-order valence-electron chi connectivity index (χ2n) is 8.33. The van der Waals surface area contributed by atoms with Crippen molar-refractivity contribution in [1.29, 1.82) is 0 Å². The van der Waals surface area contributed by atoms with Gasteiger partial charge in [0, 0.05) is 0 Å². The van der Waals surface area contributed by atoms with Gasteiger partial charge in [-0.05, 0) is 0 Å². The number of rotatable bonds is 4. The predicted octanol–water partition coefficient (Wildman–Crippen LogP) is 5.44. The average molecular weight is 613 g/mol. The van der Waals surface area contributed by atoms with E-state index in [0.717, 1.165) is 12.7 Å². The standard InChI is InChI=1S/C17H12ClN3O3.2C6H5.Sn/c18-13-6-7-15(22)12(8-13)10-19-20-17(23)14-9-16(24-21-14)11-4-2-1-3-5-11;2*1-2-4-6-5-3-1;/h1-10,22H,(H,20,23);2*1-5H;/q;;;+2/p-2/b19-10-;;;. The second-order valence-corrected chi connectivity index (χ2v) is 16.7. The Hall–Kier alpha value is -3.88. The molecule has 4 aromatic carbocycles. The second kappa shape index (κ2) is 10.2. The van der Waals surface area contributed by atoms with E-state index in [2.05, 4.69) is 15.4 Å². The maximum absolute atomic E-state index is 6.97. The van der Waals surface area contributed by atoms with Crippen molar-refractivity contribution in [1.82, 2.24) is 5.16 Å². The van der Waals surface area contributed by atoms with Gasteiger partial charge in [-0.2, -0.15) is 0 Å². The van der Waals surface area contributed by atoms with Crippen molar-refractivity contribution >= 4 is 50.1 Å². The third kappa shape index (κ3) is 4.77. The van der Waals surface area contributed by atoms with E-state index in [1.165, 1.54) is 0 Å². The van der Waals surface area contributed by atoms with Crippen molar-refractivity contribution in [3.05, 3.63) is 132 Å². The number of halogens is 1. The van der Waals surface area contributed by atoms with E-state index >= 15 is 0 Å². The Kier molecular flexibility index (Phi) is 6.51. The summed E-state index contributed by atoms with van der Waals surface area (Å²) in [6.07, 6.45) is 1.61. The SMILES string of the molecule is Clc1ccc2c(c1)/C=N\N=C(\c1cc(-c3ccccc3)on1)[O][Sn]([c]1ccccc1)([c]1ccccc1)[O]2. The van der Waals surface area contributed by atoms with Crippen LogP contribution >= 0.6 is 11.6 Å². The van der Waals surface area contributed by atoms with Crippen LogP contribution in [-0.2, 0) is 3.07 Å². The number of fused-ring (bicyclic) bond motifs is 1. The van der Waals surface area contributed by atoms with Crippen LogP contribution in [-0.4, -0.2) is 36.5 Å². The zero-order valence-corrected chi connectivity index (χ0v) is 23.1. The summed E-state index contributed by atoms with van der Waals surface area (Å²) in [5, 5.41) is 13.6. The molecular formula is C29H20ClN3O3Sn. The van der Waals surface area contributed by atoms with Crippen LogP contribution in [0.1, 0.15) is 11.3 Å².